The third-order valence-corrected chi connectivity index (χ3v) is 2.87. The van der Waals surface area contributed by atoms with Gasteiger partial charge in [0.15, 0.2) is 0 Å². The summed E-state index contributed by atoms with van der Waals surface area (Å²) in [5.41, 5.74) is 0. The van der Waals surface area contributed by atoms with Crippen LogP contribution in [0.15, 0.2) is 0 Å². The lowest BCUT2D eigenvalue weighted by molar-refractivity contribution is -0.142. The van der Waals surface area contributed by atoms with Gasteiger partial charge in [0.05, 0.1) is 0 Å². The Morgan fingerprint density at radius 2 is 2.23 bits per heavy atom. The van der Waals surface area contributed by atoms with E-state index in [0.29, 0.717) is 12.1 Å². The zero-order valence-corrected chi connectivity index (χ0v) is 8.66. The molecule has 13 heavy (non-hydrogen) atoms. The number of likely N-dealkylation sites (tertiary alicyclic amines) is 1. The summed E-state index contributed by atoms with van der Waals surface area (Å²) in [5.74, 6) is -0.114. The molecule has 0 aromatic rings. The number of aliphatic hydroxyl groups is 1. The van der Waals surface area contributed by atoms with Gasteiger partial charge in [-0.2, -0.15) is 0 Å². The third-order valence-electron chi connectivity index (χ3n) is 2.87. The Morgan fingerprint density at radius 3 is 2.69 bits per heavy atom. The van der Waals surface area contributed by atoms with E-state index in [9.17, 15) is 9.90 Å². The van der Waals surface area contributed by atoms with Crippen LogP contribution in [0.5, 0.6) is 0 Å². The second-order valence-corrected chi connectivity index (χ2v) is 3.91. The Labute approximate surface area is 79.7 Å². The van der Waals surface area contributed by atoms with E-state index in [1.807, 2.05) is 4.90 Å². The van der Waals surface area contributed by atoms with Crippen molar-refractivity contribution < 1.29 is 9.90 Å². The summed E-state index contributed by atoms with van der Waals surface area (Å²) in [5, 5.41) is 9.22. The van der Waals surface area contributed by atoms with Gasteiger partial charge < -0.3 is 10.0 Å². The van der Waals surface area contributed by atoms with Crippen LogP contribution in [0.25, 0.3) is 0 Å². The molecule has 0 spiro atoms. The van der Waals surface area contributed by atoms with Crippen LogP contribution in [0.2, 0.25) is 0 Å². The first kappa shape index (κ1) is 10.5. The van der Waals surface area contributed by atoms with E-state index in [1.165, 1.54) is 0 Å². The van der Waals surface area contributed by atoms with E-state index in [2.05, 4.69) is 13.8 Å². The quantitative estimate of drug-likeness (QED) is 0.701. The molecule has 1 heterocycles. The summed E-state index contributed by atoms with van der Waals surface area (Å²) in [6, 6.07) is 0.643. The predicted molar refractivity (Wildman–Crippen MR) is 51.3 cm³/mol. The molecule has 0 aromatic carbocycles. The maximum Gasteiger partial charge on any atom is 0.251 e. The summed E-state index contributed by atoms with van der Waals surface area (Å²) in [6.07, 6.45) is 2.28. The van der Waals surface area contributed by atoms with Crippen molar-refractivity contribution in [1.29, 1.82) is 0 Å². The van der Waals surface area contributed by atoms with Gasteiger partial charge in [0.2, 0.25) is 0 Å². The second kappa shape index (κ2) is 4.09. The highest BCUT2D eigenvalue weighted by Gasteiger charge is 2.34. The van der Waals surface area contributed by atoms with Crippen molar-refractivity contribution in [2.75, 3.05) is 0 Å². The van der Waals surface area contributed by atoms with E-state index >= 15 is 0 Å². The maximum atomic E-state index is 11.6. The molecule has 1 fully saturated rings. The van der Waals surface area contributed by atoms with Gasteiger partial charge in [-0.3, -0.25) is 4.79 Å². The first-order valence-electron chi connectivity index (χ1n) is 5.08. The van der Waals surface area contributed by atoms with Crippen LogP contribution in [0, 0.1) is 0 Å². The van der Waals surface area contributed by atoms with E-state index in [4.69, 9.17) is 0 Å². The summed E-state index contributed by atoms with van der Waals surface area (Å²) < 4.78 is 0. The highest BCUT2D eigenvalue weighted by atomic mass is 16.3. The predicted octanol–water partition coefficient (Wildman–Crippen LogP) is 1.16. The SMILES string of the molecule is CCC1CCC(C)N1C(=O)[C@@H](C)O. The van der Waals surface area contributed by atoms with Crippen molar-refractivity contribution in [2.24, 2.45) is 0 Å². The molecule has 0 saturated carbocycles. The lowest BCUT2D eigenvalue weighted by Crippen LogP contribution is -2.44. The van der Waals surface area contributed by atoms with E-state index < -0.39 is 6.10 Å². The lowest BCUT2D eigenvalue weighted by atomic mass is 10.1. The third kappa shape index (κ3) is 2.02. The van der Waals surface area contributed by atoms with Crippen molar-refractivity contribution in [3.8, 4) is 0 Å². The Balaban J connectivity index is 2.69. The van der Waals surface area contributed by atoms with Gasteiger partial charge in [-0.15, -0.1) is 0 Å². The molecule has 1 rings (SSSR count). The van der Waals surface area contributed by atoms with Gasteiger partial charge in [-0.25, -0.2) is 0 Å². The molecular weight excluding hydrogens is 166 g/mol. The molecule has 2 unspecified atom stereocenters. The molecule has 1 saturated heterocycles. The summed E-state index contributed by atoms with van der Waals surface area (Å²) in [4.78, 5) is 13.5. The van der Waals surface area contributed by atoms with Gasteiger partial charge in [0.1, 0.15) is 6.10 Å². The highest BCUT2D eigenvalue weighted by molar-refractivity contribution is 5.81. The largest absolute Gasteiger partial charge is 0.384 e. The van der Waals surface area contributed by atoms with Crippen LogP contribution in [-0.4, -0.2) is 34.1 Å². The summed E-state index contributed by atoms with van der Waals surface area (Å²) in [7, 11) is 0. The van der Waals surface area contributed by atoms with Crippen molar-refractivity contribution in [3.63, 3.8) is 0 Å². The minimum atomic E-state index is -0.852. The lowest BCUT2D eigenvalue weighted by Gasteiger charge is -2.29. The summed E-state index contributed by atoms with van der Waals surface area (Å²) in [6.45, 7) is 5.68. The fourth-order valence-electron chi connectivity index (χ4n) is 2.09. The smallest absolute Gasteiger partial charge is 0.251 e. The molecule has 3 heteroatoms. The maximum absolute atomic E-state index is 11.6. The molecule has 76 valence electrons. The minimum Gasteiger partial charge on any atom is -0.384 e. The fourth-order valence-corrected chi connectivity index (χ4v) is 2.09. The van der Waals surface area contributed by atoms with Crippen LogP contribution in [0.4, 0.5) is 0 Å². The average Bonchev–Trinajstić information content (AvgIpc) is 2.45. The van der Waals surface area contributed by atoms with E-state index in [0.717, 1.165) is 19.3 Å². The first-order chi connectivity index (χ1) is 6.07. The molecule has 0 aliphatic carbocycles. The van der Waals surface area contributed by atoms with Crippen molar-refractivity contribution in [2.45, 2.75) is 58.2 Å². The van der Waals surface area contributed by atoms with Crippen LogP contribution in [0.1, 0.15) is 40.0 Å². The fraction of sp³-hybridized carbons (Fsp3) is 0.900. The minimum absolute atomic E-state index is 0.114. The molecule has 0 bridgehead atoms. The molecular formula is C10H19NO2. The topological polar surface area (TPSA) is 40.5 Å². The number of aliphatic hydroxyl groups excluding tert-OH is 1. The Kier molecular flexibility index (Phi) is 3.31. The highest BCUT2D eigenvalue weighted by Crippen LogP contribution is 2.26. The van der Waals surface area contributed by atoms with Crippen LogP contribution in [-0.2, 0) is 4.79 Å². The van der Waals surface area contributed by atoms with E-state index in [1.54, 1.807) is 6.92 Å². The summed E-state index contributed by atoms with van der Waals surface area (Å²) >= 11 is 0. The molecule has 1 aliphatic rings. The second-order valence-electron chi connectivity index (χ2n) is 3.91. The number of carbonyl (C=O) groups excluding carboxylic acids is 1. The number of rotatable bonds is 2. The monoisotopic (exact) mass is 185 g/mol. The zero-order chi connectivity index (χ0) is 10.0. The van der Waals surface area contributed by atoms with E-state index in [-0.39, 0.29) is 5.91 Å². The van der Waals surface area contributed by atoms with Gasteiger partial charge in [-0.1, -0.05) is 6.92 Å². The van der Waals surface area contributed by atoms with Crippen molar-refractivity contribution in [1.82, 2.24) is 4.90 Å². The zero-order valence-electron chi connectivity index (χ0n) is 8.66. The molecule has 3 nitrogen and oxygen atoms in total. The van der Waals surface area contributed by atoms with Gasteiger partial charge in [0, 0.05) is 12.1 Å². The van der Waals surface area contributed by atoms with Crippen LogP contribution < -0.4 is 0 Å². The standard InChI is InChI=1S/C10H19NO2/c1-4-9-6-5-7(2)11(9)10(13)8(3)12/h7-9,12H,4-6H2,1-3H3/t7?,8-,9?/m1/s1. The number of hydrogen-bond acceptors (Lipinski definition) is 2. The number of carbonyl (C=O) groups is 1. The molecule has 0 aromatic heterocycles. The van der Waals surface area contributed by atoms with Crippen molar-refractivity contribution in [3.05, 3.63) is 0 Å². The molecule has 3 atom stereocenters. The van der Waals surface area contributed by atoms with Crippen molar-refractivity contribution >= 4 is 5.91 Å². The van der Waals surface area contributed by atoms with Gasteiger partial charge >= 0.3 is 0 Å². The number of hydrogen-bond donors (Lipinski definition) is 1. The molecule has 1 amide bonds. The van der Waals surface area contributed by atoms with Crippen LogP contribution >= 0.6 is 0 Å². The molecule has 1 N–H and O–H groups in total. The molecule has 1 aliphatic heterocycles. The normalized spacial score (nSPS) is 30.6. The number of amides is 1. The van der Waals surface area contributed by atoms with Gasteiger partial charge in [0.25, 0.3) is 5.91 Å². The van der Waals surface area contributed by atoms with Crippen LogP contribution in [0.3, 0.4) is 0 Å². The Hall–Kier alpha value is -0.570. The average molecular weight is 185 g/mol. The molecule has 0 radical (unpaired) electrons. The Morgan fingerprint density at radius 1 is 1.62 bits per heavy atom. The first-order valence-corrected chi connectivity index (χ1v) is 5.08. The van der Waals surface area contributed by atoms with Gasteiger partial charge in [-0.05, 0) is 33.1 Å². The Bertz CT molecular complexity index is 191. The number of nitrogens with zero attached hydrogens (tertiary/aromatic N) is 1.